The number of amides is 1. The second kappa shape index (κ2) is 8.11. The SMILES string of the molecule is CCC1CN(C(=O)OCc2ccccc2)CC1(C)CC(=O)OC(C)(C)C. The first-order valence-corrected chi connectivity index (χ1v) is 9.30. The van der Waals surface area contributed by atoms with E-state index in [9.17, 15) is 9.59 Å². The zero-order valence-electron chi connectivity index (χ0n) is 16.6. The first kappa shape index (κ1) is 20.3. The molecule has 0 bridgehead atoms. The van der Waals surface area contributed by atoms with Gasteiger partial charge in [0.05, 0.1) is 6.42 Å². The Labute approximate surface area is 156 Å². The Kier molecular flexibility index (Phi) is 6.32. The molecule has 1 aliphatic rings. The van der Waals surface area contributed by atoms with Gasteiger partial charge in [-0.3, -0.25) is 4.79 Å². The van der Waals surface area contributed by atoms with Crippen molar-refractivity contribution in [3.63, 3.8) is 0 Å². The van der Waals surface area contributed by atoms with Gasteiger partial charge in [0, 0.05) is 18.5 Å². The fourth-order valence-electron chi connectivity index (χ4n) is 3.60. The standard InChI is InChI=1S/C21H31NO4/c1-6-17-13-22(19(24)25-14-16-10-8-7-9-11-16)15-21(17,5)12-18(23)26-20(2,3)4/h7-11,17H,6,12-15H2,1-5H3. The summed E-state index contributed by atoms with van der Waals surface area (Å²) in [4.78, 5) is 26.5. The van der Waals surface area contributed by atoms with Gasteiger partial charge in [-0.1, -0.05) is 50.6 Å². The largest absolute Gasteiger partial charge is 0.460 e. The van der Waals surface area contributed by atoms with E-state index in [4.69, 9.17) is 9.47 Å². The molecular formula is C21H31NO4. The van der Waals surface area contributed by atoms with Crippen molar-refractivity contribution in [1.29, 1.82) is 0 Å². The van der Waals surface area contributed by atoms with Crippen LogP contribution in [0.1, 0.15) is 53.0 Å². The van der Waals surface area contributed by atoms with Gasteiger partial charge in [0.2, 0.25) is 0 Å². The first-order valence-electron chi connectivity index (χ1n) is 9.30. The minimum atomic E-state index is -0.498. The van der Waals surface area contributed by atoms with Crippen LogP contribution in [0.15, 0.2) is 30.3 Å². The number of likely N-dealkylation sites (tertiary alicyclic amines) is 1. The molecule has 0 aromatic heterocycles. The summed E-state index contributed by atoms with van der Waals surface area (Å²) in [5.41, 5.74) is 0.175. The molecule has 1 heterocycles. The Morgan fingerprint density at radius 2 is 1.88 bits per heavy atom. The Morgan fingerprint density at radius 1 is 1.23 bits per heavy atom. The summed E-state index contributed by atoms with van der Waals surface area (Å²) in [5.74, 6) is 0.0391. The Morgan fingerprint density at radius 3 is 2.46 bits per heavy atom. The number of nitrogens with zero attached hydrogens (tertiary/aromatic N) is 1. The molecule has 2 rings (SSSR count). The number of esters is 1. The molecule has 0 aliphatic carbocycles. The molecule has 0 saturated carbocycles. The van der Waals surface area contributed by atoms with Crippen molar-refractivity contribution in [2.45, 2.75) is 59.7 Å². The van der Waals surface area contributed by atoms with E-state index in [-0.39, 0.29) is 30.0 Å². The lowest BCUT2D eigenvalue weighted by molar-refractivity contribution is -0.157. The molecule has 1 aromatic rings. The summed E-state index contributed by atoms with van der Waals surface area (Å²) in [7, 11) is 0. The molecule has 2 unspecified atom stereocenters. The second-order valence-electron chi connectivity index (χ2n) is 8.44. The maximum absolute atomic E-state index is 12.5. The third-order valence-electron chi connectivity index (χ3n) is 4.90. The monoisotopic (exact) mass is 361 g/mol. The van der Waals surface area contributed by atoms with Crippen molar-refractivity contribution in [2.75, 3.05) is 13.1 Å². The van der Waals surface area contributed by atoms with Crippen LogP contribution in [0.3, 0.4) is 0 Å². The molecule has 5 heteroatoms. The number of benzene rings is 1. The smallest absolute Gasteiger partial charge is 0.410 e. The molecule has 1 fully saturated rings. The minimum absolute atomic E-state index is 0.210. The van der Waals surface area contributed by atoms with Crippen LogP contribution >= 0.6 is 0 Å². The second-order valence-corrected chi connectivity index (χ2v) is 8.44. The quantitative estimate of drug-likeness (QED) is 0.729. The normalized spacial score (nSPS) is 23.0. The number of rotatable bonds is 5. The highest BCUT2D eigenvalue weighted by Crippen LogP contribution is 2.41. The van der Waals surface area contributed by atoms with E-state index in [0.717, 1.165) is 12.0 Å². The Bertz CT molecular complexity index is 623. The molecule has 1 amide bonds. The molecule has 2 atom stereocenters. The molecule has 1 saturated heterocycles. The van der Waals surface area contributed by atoms with E-state index in [0.29, 0.717) is 19.5 Å². The van der Waals surface area contributed by atoms with Crippen molar-refractivity contribution in [2.24, 2.45) is 11.3 Å². The minimum Gasteiger partial charge on any atom is -0.460 e. The fraction of sp³-hybridized carbons (Fsp3) is 0.619. The topological polar surface area (TPSA) is 55.8 Å². The lowest BCUT2D eigenvalue weighted by Crippen LogP contribution is -2.35. The summed E-state index contributed by atoms with van der Waals surface area (Å²) in [6.07, 6.45) is 0.896. The van der Waals surface area contributed by atoms with Crippen LogP contribution < -0.4 is 0 Å². The summed E-state index contributed by atoms with van der Waals surface area (Å²) < 4.78 is 10.9. The van der Waals surface area contributed by atoms with E-state index in [1.165, 1.54) is 0 Å². The van der Waals surface area contributed by atoms with Crippen LogP contribution in [0.2, 0.25) is 0 Å². The van der Waals surface area contributed by atoms with Crippen LogP contribution in [0, 0.1) is 11.3 Å². The highest BCUT2D eigenvalue weighted by atomic mass is 16.6. The van der Waals surface area contributed by atoms with Gasteiger partial charge < -0.3 is 14.4 Å². The predicted molar refractivity (Wildman–Crippen MR) is 101 cm³/mol. The third-order valence-corrected chi connectivity index (χ3v) is 4.90. The van der Waals surface area contributed by atoms with Crippen LogP contribution in [-0.4, -0.2) is 35.7 Å². The average Bonchev–Trinajstić information content (AvgIpc) is 2.88. The Hall–Kier alpha value is -2.04. The lowest BCUT2D eigenvalue weighted by atomic mass is 9.76. The van der Waals surface area contributed by atoms with Crippen molar-refractivity contribution < 1.29 is 19.1 Å². The zero-order chi connectivity index (χ0) is 19.4. The summed E-state index contributed by atoms with van der Waals surface area (Å²) in [5, 5.41) is 0. The van der Waals surface area contributed by atoms with Gasteiger partial charge in [-0.25, -0.2) is 4.79 Å². The van der Waals surface area contributed by atoms with Gasteiger partial charge in [0.1, 0.15) is 12.2 Å². The van der Waals surface area contributed by atoms with Crippen LogP contribution in [0.25, 0.3) is 0 Å². The maximum atomic E-state index is 12.5. The number of hydrogen-bond donors (Lipinski definition) is 0. The third kappa shape index (κ3) is 5.48. The summed E-state index contributed by atoms with van der Waals surface area (Å²) in [6.45, 7) is 11.1. The average molecular weight is 361 g/mol. The van der Waals surface area contributed by atoms with E-state index in [1.54, 1.807) is 4.90 Å². The molecule has 144 valence electrons. The van der Waals surface area contributed by atoms with Gasteiger partial charge in [-0.2, -0.15) is 0 Å². The van der Waals surface area contributed by atoms with E-state index in [2.05, 4.69) is 13.8 Å². The van der Waals surface area contributed by atoms with Gasteiger partial charge in [-0.05, 0) is 32.3 Å². The van der Waals surface area contributed by atoms with Crippen molar-refractivity contribution in [3.05, 3.63) is 35.9 Å². The molecular weight excluding hydrogens is 330 g/mol. The van der Waals surface area contributed by atoms with Crippen LogP contribution in [-0.2, 0) is 20.9 Å². The molecule has 0 spiro atoms. The van der Waals surface area contributed by atoms with Gasteiger partial charge in [0.15, 0.2) is 0 Å². The lowest BCUT2D eigenvalue weighted by Gasteiger charge is -2.30. The van der Waals surface area contributed by atoms with Crippen molar-refractivity contribution in [1.82, 2.24) is 4.90 Å². The predicted octanol–water partition coefficient (Wildman–Crippen LogP) is 4.40. The van der Waals surface area contributed by atoms with E-state index >= 15 is 0 Å². The van der Waals surface area contributed by atoms with Gasteiger partial charge >= 0.3 is 12.1 Å². The van der Waals surface area contributed by atoms with Crippen molar-refractivity contribution in [3.8, 4) is 0 Å². The highest BCUT2D eigenvalue weighted by Gasteiger charge is 2.46. The summed E-state index contributed by atoms with van der Waals surface area (Å²) >= 11 is 0. The maximum Gasteiger partial charge on any atom is 0.410 e. The van der Waals surface area contributed by atoms with Crippen molar-refractivity contribution >= 4 is 12.1 Å². The number of carbonyl (C=O) groups is 2. The molecule has 0 N–H and O–H groups in total. The van der Waals surface area contributed by atoms with Gasteiger partial charge in [-0.15, -0.1) is 0 Å². The van der Waals surface area contributed by atoms with Gasteiger partial charge in [0.25, 0.3) is 0 Å². The number of ether oxygens (including phenoxy) is 2. The molecule has 5 nitrogen and oxygen atoms in total. The molecule has 0 radical (unpaired) electrons. The fourth-order valence-corrected chi connectivity index (χ4v) is 3.60. The van der Waals surface area contributed by atoms with Crippen LogP contribution in [0.5, 0.6) is 0 Å². The number of hydrogen-bond acceptors (Lipinski definition) is 4. The van der Waals surface area contributed by atoms with Crippen LogP contribution in [0.4, 0.5) is 4.79 Å². The first-order chi connectivity index (χ1) is 12.1. The highest BCUT2D eigenvalue weighted by molar-refractivity contribution is 5.72. The zero-order valence-corrected chi connectivity index (χ0v) is 16.6. The van der Waals surface area contributed by atoms with E-state index < -0.39 is 5.60 Å². The van der Waals surface area contributed by atoms with E-state index in [1.807, 2.05) is 51.1 Å². The summed E-state index contributed by atoms with van der Waals surface area (Å²) in [6, 6.07) is 9.63. The molecule has 1 aromatic carbocycles. The number of carbonyl (C=O) groups excluding carboxylic acids is 2. The Balaban J connectivity index is 1.96. The molecule has 26 heavy (non-hydrogen) atoms. The molecule has 1 aliphatic heterocycles.